The van der Waals surface area contributed by atoms with Crippen molar-refractivity contribution >= 4 is 0 Å². The third-order valence-electron chi connectivity index (χ3n) is 2.75. The van der Waals surface area contributed by atoms with Crippen LogP contribution in [-0.4, -0.2) is 43.0 Å². The molecule has 1 aliphatic rings. The molecule has 1 aliphatic heterocycles. The molecule has 0 aromatic carbocycles. The van der Waals surface area contributed by atoms with Crippen LogP contribution >= 0.6 is 0 Å². The van der Waals surface area contributed by atoms with Crippen LogP contribution in [0.2, 0.25) is 0 Å². The standard InChI is InChI=1S/C12H20N2/c1-5-11(3)12(6-2)14-9-7-13(4)8-10-14/h5-6H,1-2,7-10H2,3-4H3. The van der Waals surface area contributed by atoms with E-state index in [1.54, 1.807) is 0 Å². The van der Waals surface area contributed by atoms with Crippen LogP contribution in [0.25, 0.3) is 0 Å². The predicted molar refractivity (Wildman–Crippen MR) is 62.2 cm³/mol. The van der Waals surface area contributed by atoms with E-state index in [9.17, 15) is 0 Å². The number of nitrogens with zero attached hydrogens (tertiary/aromatic N) is 2. The molecule has 14 heavy (non-hydrogen) atoms. The van der Waals surface area contributed by atoms with Crippen molar-refractivity contribution < 1.29 is 0 Å². The average molecular weight is 192 g/mol. The molecule has 2 nitrogen and oxygen atoms in total. The number of piperazine rings is 1. The average Bonchev–Trinajstić information content (AvgIpc) is 2.21. The first-order valence-corrected chi connectivity index (χ1v) is 5.08. The lowest BCUT2D eigenvalue weighted by atomic mass is 10.2. The van der Waals surface area contributed by atoms with E-state index in [-0.39, 0.29) is 0 Å². The molecule has 1 heterocycles. The Balaban J connectivity index is 2.72. The molecular formula is C12H20N2. The molecule has 0 bridgehead atoms. The fraction of sp³-hybridized carbons (Fsp3) is 0.500. The lowest BCUT2D eigenvalue weighted by Gasteiger charge is -2.35. The minimum atomic E-state index is 1.09. The molecule has 78 valence electrons. The van der Waals surface area contributed by atoms with E-state index in [0.717, 1.165) is 26.2 Å². The molecule has 0 atom stereocenters. The van der Waals surface area contributed by atoms with E-state index >= 15 is 0 Å². The summed E-state index contributed by atoms with van der Waals surface area (Å²) in [6.45, 7) is 14.2. The van der Waals surface area contributed by atoms with E-state index in [1.165, 1.54) is 11.3 Å². The topological polar surface area (TPSA) is 6.48 Å². The number of hydrogen-bond donors (Lipinski definition) is 0. The lowest BCUT2D eigenvalue weighted by molar-refractivity contribution is 0.189. The highest BCUT2D eigenvalue weighted by Gasteiger charge is 2.15. The van der Waals surface area contributed by atoms with E-state index in [1.807, 2.05) is 12.2 Å². The van der Waals surface area contributed by atoms with Crippen molar-refractivity contribution in [1.82, 2.24) is 9.80 Å². The van der Waals surface area contributed by atoms with Gasteiger partial charge in [-0.2, -0.15) is 0 Å². The molecule has 1 saturated heterocycles. The van der Waals surface area contributed by atoms with Crippen LogP contribution in [0.15, 0.2) is 36.6 Å². The van der Waals surface area contributed by atoms with Gasteiger partial charge in [0.1, 0.15) is 0 Å². The van der Waals surface area contributed by atoms with Crippen LogP contribution in [0.3, 0.4) is 0 Å². The summed E-state index contributed by atoms with van der Waals surface area (Å²) in [6.07, 6.45) is 3.83. The maximum Gasteiger partial charge on any atom is 0.0390 e. The molecule has 0 aromatic heterocycles. The summed E-state index contributed by atoms with van der Waals surface area (Å²) in [5.74, 6) is 0. The Kier molecular flexibility index (Phi) is 3.96. The summed E-state index contributed by atoms with van der Waals surface area (Å²) in [7, 11) is 2.16. The minimum absolute atomic E-state index is 1.09. The summed E-state index contributed by atoms with van der Waals surface area (Å²) in [6, 6.07) is 0. The number of rotatable bonds is 3. The maximum absolute atomic E-state index is 3.86. The van der Waals surface area contributed by atoms with E-state index in [0.29, 0.717) is 0 Å². The fourth-order valence-electron chi connectivity index (χ4n) is 1.69. The third kappa shape index (κ3) is 2.48. The van der Waals surface area contributed by atoms with Gasteiger partial charge in [0.25, 0.3) is 0 Å². The number of allylic oxidation sites excluding steroid dienone is 3. The van der Waals surface area contributed by atoms with E-state index in [2.05, 4.69) is 36.9 Å². The summed E-state index contributed by atoms with van der Waals surface area (Å²) >= 11 is 0. The van der Waals surface area contributed by atoms with Gasteiger partial charge in [-0.15, -0.1) is 0 Å². The molecule has 0 aliphatic carbocycles. The Morgan fingerprint density at radius 2 is 1.64 bits per heavy atom. The van der Waals surface area contributed by atoms with Crippen LogP contribution in [0.5, 0.6) is 0 Å². The van der Waals surface area contributed by atoms with Crippen LogP contribution in [0, 0.1) is 0 Å². The second-order valence-electron chi connectivity index (χ2n) is 3.77. The number of likely N-dealkylation sites (N-methyl/N-ethyl adjacent to an activating group) is 1. The van der Waals surface area contributed by atoms with Crippen molar-refractivity contribution in [2.24, 2.45) is 0 Å². The summed E-state index contributed by atoms with van der Waals surface area (Å²) in [4.78, 5) is 4.73. The van der Waals surface area contributed by atoms with E-state index < -0.39 is 0 Å². The molecule has 1 fully saturated rings. The smallest absolute Gasteiger partial charge is 0.0390 e. The maximum atomic E-state index is 3.86. The highest BCUT2D eigenvalue weighted by atomic mass is 15.2. The summed E-state index contributed by atoms with van der Waals surface area (Å²) in [5, 5.41) is 0. The van der Waals surface area contributed by atoms with Crippen molar-refractivity contribution in [1.29, 1.82) is 0 Å². The minimum Gasteiger partial charge on any atom is -0.369 e. The lowest BCUT2D eigenvalue weighted by Crippen LogP contribution is -2.43. The SMILES string of the molecule is C=CC(C)=C(C=C)N1CCN(C)CC1. The van der Waals surface area contributed by atoms with Crippen molar-refractivity contribution in [3.8, 4) is 0 Å². The van der Waals surface area contributed by atoms with E-state index in [4.69, 9.17) is 0 Å². The van der Waals surface area contributed by atoms with Gasteiger partial charge in [0, 0.05) is 31.9 Å². The van der Waals surface area contributed by atoms with Gasteiger partial charge in [-0.25, -0.2) is 0 Å². The molecular weight excluding hydrogens is 172 g/mol. The summed E-state index contributed by atoms with van der Waals surface area (Å²) < 4.78 is 0. The Bertz CT molecular complexity index is 245. The molecule has 0 N–H and O–H groups in total. The first-order valence-electron chi connectivity index (χ1n) is 5.08. The molecule has 0 aromatic rings. The second kappa shape index (κ2) is 5.01. The van der Waals surface area contributed by atoms with Gasteiger partial charge < -0.3 is 9.80 Å². The highest BCUT2D eigenvalue weighted by molar-refractivity contribution is 5.29. The molecule has 0 radical (unpaired) electrons. The number of hydrogen-bond acceptors (Lipinski definition) is 2. The van der Waals surface area contributed by atoms with Crippen molar-refractivity contribution in [3.63, 3.8) is 0 Å². The zero-order chi connectivity index (χ0) is 10.6. The molecule has 0 amide bonds. The fourth-order valence-corrected chi connectivity index (χ4v) is 1.69. The predicted octanol–water partition coefficient (Wildman–Crippen LogP) is 1.88. The van der Waals surface area contributed by atoms with Gasteiger partial charge in [-0.1, -0.05) is 19.2 Å². The monoisotopic (exact) mass is 192 g/mol. The first kappa shape index (κ1) is 11.1. The van der Waals surface area contributed by atoms with Gasteiger partial charge >= 0.3 is 0 Å². The molecule has 0 saturated carbocycles. The normalized spacial score (nSPS) is 20.3. The molecule has 0 spiro atoms. The van der Waals surface area contributed by atoms with Gasteiger partial charge in [0.05, 0.1) is 0 Å². The highest BCUT2D eigenvalue weighted by Crippen LogP contribution is 2.14. The molecule has 0 unspecified atom stereocenters. The Morgan fingerprint density at radius 1 is 1.07 bits per heavy atom. The van der Waals surface area contributed by atoms with Crippen LogP contribution < -0.4 is 0 Å². The van der Waals surface area contributed by atoms with Gasteiger partial charge in [0.2, 0.25) is 0 Å². The zero-order valence-corrected chi connectivity index (χ0v) is 9.29. The van der Waals surface area contributed by atoms with Gasteiger partial charge in [-0.05, 0) is 25.6 Å². The Morgan fingerprint density at radius 3 is 2.07 bits per heavy atom. The van der Waals surface area contributed by atoms with Crippen LogP contribution in [0.1, 0.15) is 6.92 Å². The Hall–Kier alpha value is -1.02. The Labute approximate surface area is 87.2 Å². The third-order valence-corrected chi connectivity index (χ3v) is 2.75. The molecule has 1 rings (SSSR count). The van der Waals surface area contributed by atoms with Crippen molar-refractivity contribution in [2.45, 2.75) is 6.92 Å². The first-order chi connectivity index (χ1) is 6.69. The zero-order valence-electron chi connectivity index (χ0n) is 9.29. The second-order valence-corrected chi connectivity index (χ2v) is 3.77. The van der Waals surface area contributed by atoms with Crippen molar-refractivity contribution in [3.05, 3.63) is 36.6 Å². The van der Waals surface area contributed by atoms with Gasteiger partial charge in [0.15, 0.2) is 0 Å². The van der Waals surface area contributed by atoms with Crippen molar-refractivity contribution in [2.75, 3.05) is 33.2 Å². The molecule has 2 heteroatoms. The van der Waals surface area contributed by atoms with Crippen LogP contribution in [0.4, 0.5) is 0 Å². The van der Waals surface area contributed by atoms with Crippen LogP contribution in [-0.2, 0) is 0 Å². The summed E-state index contributed by atoms with van der Waals surface area (Å²) in [5.41, 5.74) is 2.44. The largest absolute Gasteiger partial charge is 0.369 e. The van der Waals surface area contributed by atoms with Gasteiger partial charge in [-0.3, -0.25) is 0 Å². The quantitative estimate of drug-likeness (QED) is 0.630.